The standard InChI is InChI=1S/C14H18O5/c1-2-13(15)19-10-4-3-9-18-12-7-5-11(6-8-12)14(16)17/h2,5,7-8,11H,1,3-4,6,9-10H2,(H,16,17). The highest BCUT2D eigenvalue weighted by atomic mass is 16.5. The Balaban J connectivity index is 2.08. The molecule has 1 aliphatic carbocycles. The van der Waals surface area contributed by atoms with Crippen LogP contribution in [0.1, 0.15) is 19.3 Å². The summed E-state index contributed by atoms with van der Waals surface area (Å²) < 4.78 is 10.3. The molecule has 19 heavy (non-hydrogen) atoms. The van der Waals surface area contributed by atoms with E-state index in [-0.39, 0.29) is 0 Å². The molecule has 0 radical (unpaired) electrons. The second-order valence-electron chi connectivity index (χ2n) is 4.07. The van der Waals surface area contributed by atoms with E-state index < -0.39 is 17.9 Å². The van der Waals surface area contributed by atoms with E-state index in [1.807, 2.05) is 0 Å². The Morgan fingerprint density at radius 1 is 1.42 bits per heavy atom. The predicted octanol–water partition coefficient (Wildman–Crippen LogP) is 2.06. The molecule has 5 nitrogen and oxygen atoms in total. The van der Waals surface area contributed by atoms with Crippen LogP contribution in [0.2, 0.25) is 0 Å². The van der Waals surface area contributed by atoms with Gasteiger partial charge >= 0.3 is 11.9 Å². The Hall–Kier alpha value is -2.04. The number of unbranched alkanes of at least 4 members (excludes halogenated alkanes) is 1. The van der Waals surface area contributed by atoms with Gasteiger partial charge in [-0.05, 0) is 31.4 Å². The van der Waals surface area contributed by atoms with Crippen LogP contribution in [0.15, 0.2) is 36.6 Å². The fourth-order valence-corrected chi connectivity index (χ4v) is 1.52. The van der Waals surface area contributed by atoms with Crippen LogP contribution in [0.3, 0.4) is 0 Å². The smallest absolute Gasteiger partial charge is 0.330 e. The van der Waals surface area contributed by atoms with Crippen LogP contribution < -0.4 is 0 Å². The third-order valence-electron chi connectivity index (χ3n) is 2.60. The zero-order chi connectivity index (χ0) is 14.1. The summed E-state index contributed by atoms with van der Waals surface area (Å²) in [6.45, 7) is 4.16. The summed E-state index contributed by atoms with van der Waals surface area (Å²) in [5, 5.41) is 8.79. The van der Waals surface area contributed by atoms with Crippen LogP contribution in [-0.4, -0.2) is 30.3 Å². The number of carboxylic acid groups (broad SMARTS) is 1. The minimum Gasteiger partial charge on any atom is -0.494 e. The van der Waals surface area contributed by atoms with E-state index in [2.05, 4.69) is 6.58 Å². The molecular formula is C14H18O5. The molecule has 1 N–H and O–H groups in total. The molecule has 0 fully saturated rings. The molecule has 0 aromatic carbocycles. The second-order valence-corrected chi connectivity index (χ2v) is 4.07. The lowest BCUT2D eigenvalue weighted by molar-refractivity contribution is -0.140. The number of allylic oxidation sites excluding steroid dienone is 2. The quantitative estimate of drug-likeness (QED) is 0.413. The Kier molecular flexibility index (Phi) is 6.43. The predicted molar refractivity (Wildman–Crippen MR) is 69.3 cm³/mol. The number of carbonyl (C=O) groups excluding carboxylic acids is 1. The molecule has 0 spiro atoms. The largest absolute Gasteiger partial charge is 0.494 e. The van der Waals surface area contributed by atoms with Crippen molar-refractivity contribution < 1.29 is 24.2 Å². The molecule has 0 aromatic heterocycles. The topological polar surface area (TPSA) is 72.8 Å². The van der Waals surface area contributed by atoms with Crippen LogP contribution >= 0.6 is 0 Å². The van der Waals surface area contributed by atoms with E-state index in [0.29, 0.717) is 31.8 Å². The van der Waals surface area contributed by atoms with Gasteiger partial charge in [-0.2, -0.15) is 0 Å². The van der Waals surface area contributed by atoms with Crippen molar-refractivity contribution in [1.29, 1.82) is 0 Å². The molecule has 0 aliphatic heterocycles. The number of ether oxygens (including phenoxy) is 2. The third-order valence-corrected chi connectivity index (χ3v) is 2.60. The van der Waals surface area contributed by atoms with Crippen molar-refractivity contribution in [2.75, 3.05) is 13.2 Å². The summed E-state index contributed by atoms with van der Waals surface area (Å²) in [7, 11) is 0. The van der Waals surface area contributed by atoms with Crippen molar-refractivity contribution in [2.45, 2.75) is 19.3 Å². The molecule has 0 bridgehead atoms. The van der Waals surface area contributed by atoms with Gasteiger partial charge in [0.15, 0.2) is 0 Å². The Labute approximate surface area is 112 Å². The molecule has 1 unspecified atom stereocenters. The maximum atomic E-state index is 10.7. The highest BCUT2D eigenvalue weighted by molar-refractivity contribution is 5.81. The normalized spacial score (nSPS) is 17.5. The average molecular weight is 266 g/mol. The third kappa shape index (κ3) is 5.90. The molecule has 0 saturated carbocycles. The van der Waals surface area contributed by atoms with Gasteiger partial charge in [0.25, 0.3) is 0 Å². The van der Waals surface area contributed by atoms with Gasteiger partial charge in [0.1, 0.15) is 5.76 Å². The first-order valence-electron chi connectivity index (χ1n) is 6.16. The first-order valence-corrected chi connectivity index (χ1v) is 6.16. The molecule has 1 atom stereocenters. The van der Waals surface area contributed by atoms with Gasteiger partial charge in [-0.3, -0.25) is 4.79 Å². The van der Waals surface area contributed by atoms with E-state index >= 15 is 0 Å². The van der Waals surface area contributed by atoms with Crippen molar-refractivity contribution in [1.82, 2.24) is 0 Å². The maximum absolute atomic E-state index is 10.7. The summed E-state index contributed by atoms with van der Waals surface area (Å²) >= 11 is 0. The number of esters is 1. The summed E-state index contributed by atoms with van der Waals surface area (Å²) in [5.74, 6) is -1.000. The lowest BCUT2D eigenvalue weighted by Gasteiger charge is -2.13. The molecule has 0 aromatic rings. The average Bonchev–Trinajstić information content (AvgIpc) is 2.42. The molecule has 0 amide bonds. The Morgan fingerprint density at radius 2 is 2.16 bits per heavy atom. The van der Waals surface area contributed by atoms with E-state index in [1.54, 1.807) is 18.2 Å². The number of hydrogen-bond acceptors (Lipinski definition) is 4. The van der Waals surface area contributed by atoms with Crippen LogP contribution in [0.25, 0.3) is 0 Å². The molecule has 5 heteroatoms. The second kappa shape index (κ2) is 8.13. The zero-order valence-corrected chi connectivity index (χ0v) is 10.7. The van der Waals surface area contributed by atoms with E-state index in [9.17, 15) is 9.59 Å². The lowest BCUT2D eigenvalue weighted by atomic mass is 10.0. The molecule has 0 saturated heterocycles. The van der Waals surface area contributed by atoms with Crippen LogP contribution in [0.4, 0.5) is 0 Å². The van der Waals surface area contributed by atoms with Gasteiger partial charge in [-0.25, -0.2) is 4.79 Å². The summed E-state index contributed by atoms with van der Waals surface area (Å²) in [6.07, 6.45) is 8.15. The maximum Gasteiger partial charge on any atom is 0.330 e. The van der Waals surface area contributed by atoms with E-state index in [4.69, 9.17) is 14.6 Å². The van der Waals surface area contributed by atoms with Crippen molar-refractivity contribution in [3.63, 3.8) is 0 Å². The minimum atomic E-state index is -0.824. The molecule has 1 aliphatic rings. The zero-order valence-electron chi connectivity index (χ0n) is 10.7. The number of aliphatic carboxylic acids is 1. The molecule has 1 rings (SSSR count). The van der Waals surface area contributed by atoms with Gasteiger partial charge in [0.05, 0.1) is 19.1 Å². The number of carboxylic acids is 1. The summed E-state index contributed by atoms with van der Waals surface area (Å²) in [4.78, 5) is 21.4. The van der Waals surface area contributed by atoms with Crippen molar-refractivity contribution in [3.05, 3.63) is 36.6 Å². The minimum absolute atomic E-state index is 0.351. The summed E-state index contributed by atoms with van der Waals surface area (Å²) in [5.41, 5.74) is 0. The molecule has 0 heterocycles. The fraction of sp³-hybridized carbons (Fsp3) is 0.429. The van der Waals surface area contributed by atoms with Gasteiger partial charge in [0, 0.05) is 6.08 Å². The first-order chi connectivity index (χ1) is 9.13. The lowest BCUT2D eigenvalue weighted by Crippen LogP contribution is -2.12. The number of rotatable bonds is 8. The Bertz CT molecular complexity index is 395. The first kappa shape index (κ1) is 15.0. The van der Waals surface area contributed by atoms with Gasteiger partial charge in [-0.1, -0.05) is 12.7 Å². The van der Waals surface area contributed by atoms with Crippen molar-refractivity contribution >= 4 is 11.9 Å². The van der Waals surface area contributed by atoms with Gasteiger partial charge in [-0.15, -0.1) is 0 Å². The fourth-order valence-electron chi connectivity index (χ4n) is 1.52. The summed E-state index contributed by atoms with van der Waals surface area (Å²) in [6, 6.07) is 0. The van der Waals surface area contributed by atoms with Crippen LogP contribution in [-0.2, 0) is 19.1 Å². The molecular weight excluding hydrogens is 248 g/mol. The highest BCUT2D eigenvalue weighted by Crippen LogP contribution is 2.17. The van der Waals surface area contributed by atoms with Crippen molar-refractivity contribution in [3.8, 4) is 0 Å². The highest BCUT2D eigenvalue weighted by Gasteiger charge is 2.15. The Morgan fingerprint density at radius 3 is 2.74 bits per heavy atom. The number of hydrogen-bond donors (Lipinski definition) is 1. The SMILES string of the molecule is C=CC(=O)OCCCCOC1=CCC(C(=O)O)C=C1. The monoisotopic (exact) mass is 266 g/mol. The van der Waals surface area contributed by atoms with Crippen LogP contribution in [0.5, 0.6) is 0 Å². The number of carbonyl (C=O) groups is 2. The van der Waals surface area contributed by atoms with E-state index in [0.717, 1.165) is 12.5 Å². The van der Waals surface area contributed by atoms with E-state index in [1.165, 1.54) is 0 Å². The van der Waals surface area contributed by atoms with Gasteiger partial charge < -0.3 is 14.6 Å². The van der Waals surface area contributed by atoms with Crippen molar-refractivity contribution in [2.24, 2.45) is 5.92 Å². The van der Waals surface area contributed by atoms with Crippen LogP contribution in [0, 0.1) is 5.92 Å². The van der Waals surface area contributed by atoms with Gasteiger partial charge in [0.2, 0.25) is 0 Å². The molecule has 104 valence electrons.